The van der Waals surface area contributed by atoms with Crippen molar-refractivity contribution in [2.75, 3.05) is 13.2 Å². The second kappa shape index (κ2) is 3.47. The first-order valence-corrected chi connectivity index (χ1v) is 4.37. The summed E-state index contributed by atoms with van der Waals surface area (Å²) in [7, 11) is 0. The third kappa shape index (κ3) is 1.59. The van der Waals surface area contributed by atoms with Crippen LogP contribution in [0.3, 0.4) is 0 Å². The Kier molecular flexibility index (Phi) is 2.33. The van der Waals surface area contributed by atoms with Gasteiger partial charge >= 0.3 is 5.97 Å². The van der Waals surface area contributed by atoms with Crippen LogP contribution in [0.4, 0.5) is 0 Å². The quantitative estimate of drug-likeness (QED) is 0.456. The van der Waals surface area contributed by atoms with Gasteiger partial charge in [0.1, 0.15) is 6.10 Å². The monoisotopic (exact) mass is 184 g/mol. The normalized spacial score (nSPS) is 37.1. The number of fused-ring (bicyclic) bond motifs is 1. The average Bonchev–Trinajstić information content (AvgIpc) is 2.69. The van der Waals surface area contributed by atoms with E-state index in [2.05, 4.69) is 6.58 Å². The van der Waals surface area contributed by atoms with Crippen molar-refractivity contribution in [1.29, 1.82) is 0 Å². The van der Waals surface area contributed by atoms with Crippen LogP contribution < -0.4 is 0 Å². The van der Waals surface area contributed by atoms with Crippen LogP contribution in [-0.2, 0) is 19.0 Å². The van der Waals surface area contributed by atoms with Gasteiger partial charge in [0.05, 0.1) is 12.7 Å². The maximum atomic E-state index is 10.9. The van der Waals surface area contributed by atoms with E-state index in [1.165, 1.54) is 0 Å². The smallest absolute Gasteiger partial charge is 0.330 e. The summed E-state index contributed by atoms with van der Waals surface area (Å²) < 4.78 is 15.9. The molecule has 0 bridgehead atoms. The summed E-state index contributed by atoms with van der Waals surface area (Å²) in [5.74, 6) is -0.412. The minimum absolute atomic E-state index is 0.0658. The van der Waals surface area contributed by atoms with Gasteiger partial charge in [-0.15, -0.1) is 0 Å². The lowest BCUT2D eigenvalue weighted by Gasteiger charge is -2.15. The molecule has 13 heavy (non-hydrogen) atoms. The van der Waals surface area contributed by atoms with Crippen molar-refractivity contribution in [1.82, 2.24) is 0 Å². The highest BCUT2D eigenvalue weighted by Gasteiger charge is 2.43. The summed E-state index contributed by atoms with van der Waals surface area (Å²) in [6.07, 6.45) is 1.85. The number of carbonyl (C=O) groups is 1. The molecule has 0 aromatic rings. The summed E-state index contributed by atoms with van der Waals surface area (Å²) in [5, 5.41) is 0. The zero-order valence-electron chi connectivity index (χ0n) is 7.27. The minimum Gasteiger partial charge on any atom is -0.454 e. The van der Waals surface area contributed by atoms with Crippen molar-refractivity contribution < 1.29 is 19.0 Å². The van der Waals surface area contributed by atoms with E-state index in [1.807, 2.05) is 0 Å². The Hall–Kier alpha value is -0.870. The van der Waals surface area contributed by atoms with Gasteiger partial charge < -0.3 is 14.2 Å². The molecule has 2 saturated heterocycles. The van der Waals surface area contributed by atoms with Crippen molar-refractivity contribution in [3.8, 4) is 0 Å². The second-order valence-electron chi connectivity index (χ2n) is 3.18. The summed E-state index contributed by atoms with van der Waals surface area (Å²) >= 11 is 0. The first-order valence-electron chi connectivity index (χ1n) is 4.37. The van der Waals surface area contributed by atoms with Crippen LogP contribution in [0.15, 0.2) is 12.7 Å². The van der Waals surface area contributed by atoms with Crippen molar-refractivity contribution in [3.63, 3.8) is 0 Å². The predicted molar refractivity (Wildman–Crippen MR) is 44.2 cm³/mol. The van der Waals surface area contributed by atoms with Gasteiger partial charge in [-0.2, -0.15) is 0 Å². The van der Waals surface area contributed by atoms with E-state index < -0.39 is 5.97 Å². The van der Waals surface area contributed by atoms with E-state index >= 15 is 0 Å². The van der Waals surface area contributed by atoms with Crippen LogP contribution in [-0.4, -0.2) is 37.5 Å². The van der Waals surface area contributed by atoms with E-state index in [9.17, 15) is 4.79 Å². The van der Waals surface area contributed by atoms with Gasteiger partial charge in [0.25, 0.3) is 0 Å². The lowest BCUT2D eigenvalue weighted by Crippen LogP contribution is -2.31. The maximum Gasteiger partial charge on any atom is 0.330 e. The van der Waals surface area contributed by atoms with Gasteiger partial charge in [-0.1, -0.05) is 6.58 Å². The molecular weight excluding hydrogens is 172 g/mol. The van der Waals surface area contributed by atoms with Gasteiger partial charge in [0.15, 0.2) is 6.10 Å². The van der Waals surface area contributed by atoms with Gasteiger partial charge in [0, 0.05) is 12.7 Å². The van der Waals surface area contributed by atoms with Crippen LogP contribution in [0, 0.1) is 0 Å². The third-order valence-electron chi connectivity index (χ3n) is 2.35. The maximum absolute atomic E-state index is 10.9. The van der Waals surface area contributed by atoms with Crippen molar-refractivity contribution in [3.05, 3.63) is 12.7 Å². The average molecular weight is 184 g/mol. The fraction of sp³-hybridized carbons (Fsp3) is 0.667. The zero-order valence-corrected chi connectivity index (χ0v) is 7.27. The molecule has 2 aliphatic heterocycles. The Labute approximate surface area is 76.5 Å². The molecule has 72 valence electrons. The number of hydrogen-bond donors (Lipinski definition) is 0. The third-order valence-corrected chi connectivity index (χ3v) is 2.35. The standard InChI is InChI=1S/C9H12O4/c1-2-8(10)13-7-5-12-6-3-4-11-9(6)7/h2,6-7,9H,1,3-5H2/t6?,7-,9?/m1/s1. The van der Waals surface area contributed by atoms with Crippen LogP contribution >= 0.6 is 0 Å². The van der Waals surface area contributed by atoms with Crippen LogP contribution in [0.1, 0.15) is 6.42 Å². The summed E-state index contributed by atoms with van der Waals surface area (Å²) in [6.45, 7) is 4.46. The van der Waals surface area contributed by atoms with Crippen molar-refractivity contribution >= 4 is 5.97 Å². The summed E-state index contributed by atoms with van der Waals surface area (Å²) in [6, 6.07) is 0. The van der Waals surface area contributed by atoms with Gasteiger partial charge in [-0.25, -0.2) is 4.79 Å². The van der Waals surface area contributed by atoms with E-state index in [4.69, 9.17) is 14.2 Å². The molecule has 0 radical (unpaired) electrons. The highest BCUT2D eigenvalue weighted by atomic mass is 16.6. The number of hydrogen-bond acceptors (Lipinski definition) is 4. The molecule has 4 heteroatoms. The second-order valence-corrected chi connectivity index (χ2v) is 3.18. The van der Waals surface area contributed by atoms with Crippen LogP contribution in [0.2, 0.25) is 0 Å². The molecule has 0 amide bonds. The highest BCUT2D eigenvalue weighted by molar-refractivity contribution is 5.81. The molecule has 3 atom stereocenters. The fourth-order valence-corrected chi connectivity index (χ4v) is 1.73. The predicted octanol–water partition coefficient (Wildman–Crippen LogP) is 0.272. The molecule has 2 heterocycles. The molecule has 0 aromatic carbocycles. The van der Waals surface area contributed by atoms with E-state index in [-0.39, 0.29) is 18.3 Å². The molecule has 0 spiro atoms. The largest absolute Gasteiger partial charge is 0.454 e. The lowest BCUT2D eigenvalue weighted by molar-refractivity contribution is -0.147. The van der Waals surface area contributed by atoms with Gasteiger partial charge in [-0.05, 0) is 6.42 Å². The topological polar surface area (TPSA) is 44.8 Å². The highest BCUT2D eigenvalue weighted by Crippen LogP contribution is 2.28. The summed E-state index contributed by atoms with van der Waals surface area (Å²) in [5.41, 5.74) is 0. The first-order chi connectivity index (χ1) is 6.31. The Morgan fingerprint density at radius 2 is 2.38 bits per heavy atom. The molecule has 2 rings (SSSR count). The van der Waals surface area contributed by atoms with Gasteiger partial charge in [0.2, 0.25) is 0 Å². The first kappa shape index (κ1) is 8.72. The van der Waals surface area contributed by atoms with Crippen molar-refractivity contribution in [2.24, 2.45) is 0 Å². The molecule has 4 nitrogen and oxygen atoms in total. The summed E-state index contributed by atoms with van der Waals surface area (Å²) in [4.78, 5) is 10.9. The number of rotatable bonds is 2. The molecule has 0 saturated carbocycles. The van der Waals surface area contributed by atoms with E-state index in [1.54, 1.807) is 0 Å². The number of ether oxygens (including phenoxy) is 3. The lowest BCUT2D eigenvalue weighted by atomic mass is 10.1. The Morgan fingerprint density at radius 1 is 1.54 bits per heavy atom. The molecule has 2 unspecified atom stereocenters. The fourth-order valence-electron chi connectivity index (χ4n) is 1.73. The van der Waals surface area contributed by atoms with Crippen molar-refractivity contribution in [2.45, 2.75) is 24.7 Å². The number of esters is 1. The Bertz CT molecular complexity index is 226. The van der Waals surface area contributed by atoms with Gasteiger partial charge in [-0.3, -0.25) is 0 Å². The van der Waals surface area contributed by atoms with E-state index in [0.717, 1.165) is 12.5 Å². The molecule has 0 aromatic heterocycles. The molecule has 2 fully saturated rings. The van der Waals surface area contributed by atoms with Crippen LogP contribution in [0.25, 0.3) is 0 Å². The van der Waals surface area contributed by atoms with E-state index in [0.29, 0.717) is 13.2 Å². The zero-order chi connectivity index (χ0) is 9.26. The molecular formula is C9H12O4. The van der Waals surface area contributed by atoms with Crippen LogP contribution in [0.5, 0.6) is 0 Å². The minimum atomic E-state index is -0.412. The molecule has 0 N–H and O–H groups in total. The Morgan fingerprint density at radius 3 is 3.15 bits per heavy atom. The number of carbonyl (C=O) groups excluding carboxylic acids is 1. The molecule has 2 aliphatic rings. The SMILES string of the molecule is C=CC(=O)O[C@@H]1COC2CCOC21. The molecule has 0 aliphatic carbocycles. The Balaban J connectivity index is 1.93.